The number of ether oxygens (including phenoxy) is 1. The average Bonchev–Trinajstić information content (AvgIpc) is 2.92. The molecule has 4 rings (SSSR count). The van der Waals surface area contributed by atoms with Crippen molar-refractivity contribution in [2.45, 2.75) is 0 Å². The molecule has 0 amide bonds. The van der Waals surface area contributed by atoms with Crippen LogP contribution in [0.15, 0.2) is 121 Å². The maximum atomic E-state index is 14.1. The van der Waals surface area contributed by atoms with E-state index in [9.17, 15) is 14.4 Å². The number of hydrogen-bond donors (Lipinski definition) is 0. The fraction of sp³-hybridized carbons (Fsp3) is 0.0345. The number of benzene rings is 4. The molecule has 0 saturated carbocycles. The molecule has 0 saturated heterocycles. The minimum Gasteiger partial charge on any atom is -0.463 e. The zero-order chi connectivity index (χ0) is 24.0. The van der Waals surface area contributed by atoms with Gasteiger partial charge in [-0.3, -0.25) is 9.59 Å². The predicted octanol–water partition coefficient (Wildman–Crippen LogP) is 3.78. The normalized spacial score (nSPS) is 10.9. The Balaban J connectivity index is 2.29. The van der Waals surface area contributed by atoms with Crippen molar-refractivity contribution in [1.29, 1.82) is 0 Å². The molecule has 0 radical (unpaired) electrons. The van der Waals surface area contributed by atoms with Crippen LogP contribution in [0.25, 0.3) is 0 Å². The van der Waals surface area contributed by atoms with Gasteiger partial charge in [0.05, 0.1) is 12.4 Å². The number of methoxy groups -OCH3 is 1. The van der Waals surface area contributed by atoms with Gasteiger partial charge in [-0.25, -0.2) is 4.79 Å². The van der Waals surface area contributed by atoms with E-state index in [1.807, 2.05) is 91.0 Å². The van der Waals surface area contributed by atoms with Crippen LogP contribution in [0.3, 0.4) is 0 Å². The van der Waals surface area contributed by atoms with E-state index in [0.29, 0.717) is 5.56 Å². The van der Waals surface area contributed by atoms with Gasteiger partial charge in [0.15, 0.2) is 5.78 Å². The van der Waals surface area contributed by atoms with Crippen molar-refractivity contribution in [1.82, 2.24) is 0 Å². The highest BCUT2D eigenvalue weighted by molar-refractivity contribution is 7.98. The molecule has 0 aliphatic heterocycles. The van der Waals surface area contributed by atoms with Crippen LogP contribution in [0, 0.1) is 0 Å². The van der Waals surface area contributed by atoms with Gasteiger partial charge in [0, 0.05) is 5.56 Å². The van der Waals surface area contributed by atoms with E-state index in [1.54, 1.807) is 30.3 Å². The van der Waals surface area contributed by atoms with E-state index in [1.165, 1.54) is 0 Å². The van der Waals surface area contributed by atoms with Crippen LogP contribution >= 0.6 is 6.89 Å². The minimum absolute atomic E-state index is 0.0749. The molecule has 4 aromatic rings. The van der Waals surface area contributed by atoms with Gasteiger partial charge in [0.25, 0.3) is 5.78 Å². The van der Waals surface area contributed by atoms with Gasteiger partial charge in [-0.05, 0) is 22.8 Å². The van der Waals surface area contributed by atoms with E-state index >= 15 is 0 Å². The molecule has 168 valence electrons. The number of hydrogen-bond acceptors (Lipinski definition) is 4. The largest absolute Gasteiger partial charge is 0.463 e. The van der Waals surface area contributed by atoms with Crippen molar-refractivity contribution in [3.05, 3.63) is 127 Å². The lowest BCUT2D eigenvalue weighted by atomic mass is 10.1. The van der Waals surface area contributed by atoms with Crippen LogP contribution in [-0.2, 0) is 14.3 Å². The summed E-state index contributed by atoms with van der Waals surface area (Å²) in [5.74, 6) is -2.48. The average molecular weight is 466 g/mol. The first-order valence-corrected chi connectivity index (χ1v) is 12.6. The van der Waals surface area contributed by atoms with Crippen molar-refractivity contribution in [2.24, 2.45) is 0 Å². The minimum atomic E-state index is -3.09. The summed E-state index contributed by atoms with van der Waals surface area (Å²) in [6.45, 7) is -3.09. The van der Waals surface area contributed by atoms with E-state index in [2.05, 4.69) is 0 Å². The third-order valence-corrected chi connectivity index (χ3v) is 9.90. The highest BCUT2D eigenvalue weighted by Gasteiger charge is 2.39. The number of rotatable bonds is 7. The highest BCUT2D eigenvalue weighted by Crippen LogP contribution is 2.47. The smallest absolute Gasteiger partial charge is 0.379 e. The second-order valence-electron chi connectivity index (χ2n) is 7.54. The Labute approximate surface area is 198 Å². The fourth-order valence-electron chi connectivity index (χ4n) is 4.11. The van der Waals surface area contributed by atoms with E-state index in [4.69, 9.17) is 4.74 Å². The van der Waals surface area contributed by atoms with E-state index in [0.717, 1.165) is 23.0 Å². The first-order valence-electron chi connectivity index (χ1n) is 10.8. The van der Waals surface area contributed by atoms with Crippen molar-refractivity contribution in [3.63, 3.8) is 0 Å². The number of esters is 1. The van der Waals surface area contributed by atoms with Gasteiger partial charge < -0.3 is 4.74 Å². The van der Waals surface area contributed by atoms with Gasteiger partial charge in [0.1, 0.15) is 0 Å². The van der Waals surface area contributed by atoms with Crippen LogP contribution in [-0.4, -0.2) is 29.9 Å². The maximum Gasteiger partial charge on any atom is 0.379 e. The summed E-state index contributed by atoms with van der Waals surface area (Å²) in [5.41, 5.74) is 0.335. The zero-order valence-corrected chi connectivity index (χ0v) is 19.5. The number of carbonyl (C=O) groups excluding carboxylic acids is 3. The van der Waals surface area contributed by atoms with Gasteiger partial charge >= 0.3 is 5.97 Å². The molecule has 4 aromatic carbocycles. The van der Waals surface area contributed by atoms with Gasteiger partial charge in [-0.15, -0.1) is 0 Å². The SMILES string of the molecule is COC(=O)C(=O)C(C(=O)c1ccccc1)=P(c1ccccc1)(c1ccccc1)c1ccccc1. The quantitative estimate of drug-likeness (QED) is 0.137. The molecule has 0 atom stereocenters. The lowest BCUT2D eigenvalue weighted by molar-refractivity contribution is -0.148. The monoisotopic (exact) mass is 466 g/mol. The Morgan fingerprint density at radius 3 is 1.26 bits per heavy atom. The lowest BCUT2D eigenvalue weighted by Gasteiger charge is -2.31. The predicted molar refractivity (Wildman–Crippen MR) is 138 cm³/mol. The Morgan fingerprint density at radius 1 is 0.559 bits per heavy atom. The van der Waals surface area contributed by atoms with Crippen LogP contribution < -0.4 is 15.9 Å². The highest BCUT2D eigenvalue weighted by atomic mass is 31.2. The fourth-order valence-corrected chi connectivity index (χ4v) is 8.47. The molecule has 0 unspecified atom stereocenters. The molecule has 5 heteroatoms. The summed E-state index contributed by atoms with van der Waals surface area (Å²) >= 11 is 0. The third kappa shape index (κ3) is 4.16. The van der Waals surface area contributed by atoms with Crippen molar-refractivity contribution < 1.29 is 19.1 Å². The first kappa shape index (κ1) is 23.2. The standard InChI is InChI=1S/C29H23O4P/c1-33-29(32)27(31)28(26(30)22-14-6-2-7-15-22)34(23-16-8-3-9-17-23,24-18-10-4-11-19-24)25-20-12-5-13-21-25/h2-21H,1H3. The molecule has 0 bridgehead atoms. The molecule has 0 fully saturated rings. The van der Waals surface area contributed by atoms with Crippen molar-refractivity contribution in [2.75, 3.05) is 7.11 Å². The van der Waals surface area contributed by atoms with Gasteiger partial charge in [-0.1, -0.05) is 121 Å². The van der Waals surface area contributed by atoms with Crippen molar-refractivity contribution in [3.8, 4) is 0 Å². The Bertz CT molecular complexity index is 1260. The van der Waals surface area contributed by atoms with Crippen LogP contribution in [0.1, 0.15) is 10.4 Å². The maximum absolute atomic E-state index is 14.1. The van der Waals surface area contributed by atoms with Crippen LogP contribution in [0.4, 0.5) is 0 Å². The number of Topliss-reactive ketones (excluding diaryl/α,β-unsaturated/α-hetero) is 2. The molecule has 0 aromatic heterocycles. The summed E-state index contributed by atoms with van der Waals surface area (Å²) in [7, 11) is 1.15. The molecule has 0 heterocycles. The summed E-state index contributed by atoms with van der Waals surface area (Å²) in [6, 6.07) is 37.0. The number of ketones is 2. The summed E-state index contributed by atoms with van der Waals surface area (Å²) in [4.78, 5) is 40.6. The van der Waals surface area contributed by atoms with Crippen LogP contribution in [0.2, 0.25) is 0 Å². The zero-order valence-electron chi connectivity index (χ0n) is 18.6. The topological polar surface area (TPSA) is 60.4 Å². The second-order valence-corrected chi connectivity index (χ2v) is 10.9. The van der Waals surface area contributed by atoms with E-state index in [-0.39, 0.29) is 5.29 Å². The Kier molecular flexibility index (Phi) is 7.01. The third-order valence-electron chi connectivity index (χ3n) is 5.60. The first-order chi connectivity index (χ1) is 16.6. The molecule has 0 aliphatic rings. The summed E-state index contributed by atoms with van der Waals surface area (Å²) in [6.07, 6.45) is 0. The van der Waals surface area contributed by atoms with Crippen molar-refractivity contribution >= 4 is 45.6 Å². The molecule has 0 spiro atoms. The van der Waals surface area contributed by atoms with Crippen LogP contribution in [0.5, 0.6) is 0 Å². The summed E-state index contributed by atoms with van der Waals surface area (Å²) < 4.78 is 4.84. The molecule has 0 aliphatic carbocycles. The number of carbonyl (C=O) groups is 3. The molecule has 4 nitrogen and oxygen atoms in total. The van der Waals surface area contributed by atoms with Gasteiger partial charge in [-0.2, -0.15) is 0 Å². The lowest BCUT2D eigenvalue weighted by Crippen LogP contribution is -2.40. The second kappa shape index (κ2) is 10.3. The Hall–Kier alpha value is -4.01. The molecular weight excluding hydrogens is 443 g/mol. The van der Waals surface area contributed by atoms with Gasteiger partial charge in [0.2, 0.25) is 0 Å². The molecule has 34 heavy (non-hydrogen) atoms. The Morgan fingerprint density at radius 2 is 0.912 bits per heavy atom. The molecular formula is C29H23O4P. The molecule has 0 N–H and O–H groups in total. The summed E-state index contributed by atoms with van der Waals surface area (Å²) in [5, 5.41) is 2.31. The van der Waals surface area contributed by atoms with E-state index < -0.39 is 24.4 Å².